The molecule has 0 radical (unpaired) electrons. The highest BCUT2D eigenvalue weighted by Crippen LogP contribution is 2.30. The molecule has 0 spiro atoms. The maximum Gasteiger partial charge on any atom is 0.253 e. The summed E-state index contributed by atoms with van der Waals surface area (Å²) in [4.78, 5) is 30.8. The van der Waals surface area contributed by atoms with Gasteiger partial charge in [-0.25, -0.2) is 9.37 Å². The Hall–Kier alpha value is -3.00. The number of pyridine rings is 1. The first-order valence-electron chi connectivity index (χ1n) is 7.29. The highest BCUT2D eigenvalue weighted by atomic mass is 79.9. The van der Waals surface area contributed by atoms with Crippen molar-refractivity contribution in [3.8, 4) is 0 Å². The summed E-state index contributed by atoms with van der Waals surface area (Å²) in [5, 5.41) is 6.65. The Labute approximate surface area is 148 Å². The Morgan fingerprint density at radius 1 is 1.08 bits per heavy atom. The van der Waals surface area contributed by atoms with Crippen molar-refractivity contribution in [3.63, 3.8) is 0 Å². The van der Waals surface area contributed by atoms with Gasteiger partial charge >= 0.3 is 0 Å². The molecule has 4 rings (SSSR count). The molecule has 2 aromatic carbocycles. The van der Waals surface area contributed by atoms with E-state index in [1.54, 1.807) is 6.20 Å². The number of H-pyrrole nitrogens is 1. The van der Waals surface area contributed by atoms with Gasteiger partial charge in [-0.05, 0) is 28.1 Å². The van der Waals surface area contributed by atoms with E-state index in [1.807, 2.05) is 24.3 Å². The summed E-state index contributed by atoms with van der Waals surface area (Å²) >= 11 is 3.17. The van der Waals surface area contributed by atoms with E-state index in [9.17, 15) is 14.0 Å². The van der Waals surface area contributed by atoms with Gasteiger partial charge < -0.3 is 15.6 Å². The number of hydrogen-bond acceptors (Lipinski definition) is 5. The van der Waals surface area contributed by atoms with E-state index in [0.717, 1.165) is 17.1 Å². The number of fused-ring (bicyclic) bond motifs is 1. The highest BCUT2D eigenvalue weighted by molar-refractivity contribution is 9.10. The molecule has 0 aliphatic rings. The lowest BCUT2D eigenvalue weighted by molar-refractivity contribution is 0.621. The smallest absolute Gasteiger partial charge is 0.253 e. The zero-order valence-electron chi connectivity index (χ0n) is 12.6. The maximum absolute atomic E-state index is 13.1. The van der Waals surface area contributed by atoms with Gasteiger partial charge in [-0.3, -0.25) is 9.59 Å². The molecule has 2 aromatic heterocycles. The quantitative estimate of drug-likeness (QED) is 0.456. The summed E-state index contributed by atoms with van der Waals surface area (Å²) in [6.07, 6.45) is 2.74. The zero-order valence-corrected chi connectivity index (χ0v) is 14.1. The van der Waals surface area contributed by atoms with E-state index in [-0.39, 0.29) is 17.2 Å². The third-order valence-electron chi connectivity index (χ3n) is 3.81. The lowest BCUT2D eigenvalue weighted by Gasteiger charge is -2.14. The second-order valence-electron chi connectivity index (χ2n) is 5.39. The summed E-state index contributed by atoms with van der Waals surface area (Å²) in [6.45, 7) is 0. The first kappa shape index (κ1) is 15.5. The van der Waals surface area contributed by atoms with Crippen LogP contribution in [-0.4, -0.2) is 9.97 Å². The van der Waals surface area contributed by atoms with E-state index < -0.39 is 16.7 Å². The summed E-state index contributed by atoms with van der Waals surface area (Å²) in [5.41, 5.74) is 0.548. The van der Waals surface area contributed by atoms with Gasteiger partial charge in [0, 0.05) is 17.1 Å². The molecule has 0 bridgehead atoms. The normalized spacial score (nSPS) is 11.1. The van der Waals surface area contributed by atoms with Crippen LogP contribution in [0.1, 0.15) is 0 Å². The number of anilines is 4. The first-order chi connectivity index (χ1) is 12.0. The number of aromatic nitrogens is 2. The van der Waals surface area contributed by atoms with Gasteiger partial charge in [0.25, 0.3) is 10.9 Å². The fraction of sp³-hybridized carbons (Fsp3) is 0. The minimum absolute atomic E-state index is 0.0927. The van der Waals surface area contributed by atoms with Crippen molar-refractivity contribution in [2.24, 2.45) is 0 Å². The second kappa shape index (κ2) is 5.82. The Bertz CT molecular complexity index is 1180. The molecule has 0 atom stereocenters. The molecule has 0 amide bonds. The van der Waals surface area contributed by atoms with Crippen LogP contribution in [0.4, 0.5) is 27.3 Å². The number of nitrogens with zero attached hydrogens (tertiary/aromatic N) is 1. The van der Waals surface area contributed by atoms with Crippen LogP contribution >= 0.6 is 15.9 Å². The SMILES string of the molecule is O=c1c(Nc2ncc(F)cc2Br)c(Nc2c[nH]c3ccccc23)c1=O. The molecule has 0 aliphatic carbocycles. The molecule has 0 saturated heterocycles. The number of hydrogen-bond donors (Lipinski definition) is 3. The van der Waals surface area contributed by atoms with Gasteiger partial charge in [0.05, 0.1) is 16.4 Å². The minimum Gasteiger partial charge on any atom is -0.359 e. The standard InChI is InChI=1S/C17H10BrFN4O2/c18-10-5-8(19)6-21-17(10)23-14-13(15(24)16(14)25)22-12-7-20-11-4-2-1-3-9(11)12/h1-7,20,22H,(H,21,23). The molecule has 2 heterocycles. The molecule has 0 unspecified atom stereocenters. The third kappa shape index (κ3) is 2.60. The van der Waals surface area contributed by atoms with Crippen molar-refractivity contribution in [1.82, 2.24) is 9.97 Å². The van der Waals surface area contributed by atoms with Crippen LogP contribution < -0.4 is 21.5 Å². The molecule has 8 heteroatoms. The summed E-state index contributed by atoms with van der Waals surface area (Å²) in [6, 6.07) is 8.78. The fourth-order valence-electron chi connectivity index (χ4n) is 2.56. The number of halogens is 2. The zero-order chi connectivity index (χ0) is 17.6. The summed E-state index contributed by atoms with van der Waals surface area (Å²) < 4.78 is 13.5. The molecule has 4 aromatic rings. The number of benzene rings is 1. The van der Waals surface area contributed by atoms with Crippen molar-refractivity contribution in [2.75, 3.05) is 10.6 Å². The van der Waals surface area contributed by atoms with Crippen molar-refractivity contribution in [2.45, 2.75) is 0 Å². The number of rotatable bonds is 4. The fourth-order valence-corrected chi connectivity index (χ4v) is 2.98. The maximum atomic E-state index is 13.1. The molecule has 0 aliphatic heterocycles. The van der Waals surface area contributed by atoms with Crippen LogP contribution in [0.25, 0.3) is 10.9 Å². The number of para-hydroxylation sites is 1. The molecule has 0 fully saturated rings. The number of nitrogens with one attached hydrogen (secondary N) is 3. The van der Waals surface area contributed by atoms with Gasteiger partial charge in [0.2, 0.25) is 0 Å². The van der Waals surface area contributed by atoms with E-state index in [4.69, 9.17) is 0 Å². The van der Waals surface area contributed by atoms with Gasteiger partial charge in [0.1, 0.15) is 23.0 Å². The second-order valence-corrected chi connectivity index (χ2v) is 6.24. The molecular formula is C17H10BrFN4O2. The largest absolute Gasteiger partial charge is 0.359 e. The molecular weight excluding hydrogens is 391 g/mol. The van der Waals surface area contributed by atoms with E-state index >= 15 is 0 Å². The van der Waals surface area contributed by atoms with E-state index in [1.165, 1.54) is 6.07 Å². The Morgan fingerprint density at radius 3 is 2.56 bits per heavy atom. The average Bonchev–Trinajstić information content (AvgIpc) is 3.02. The van der Waals surface area contributed by atoms with Crippen molar-refractivity contribution in [3.05, 3.63) is 73.5 Å². The monoisotopic (exact) mass is 400 g/mol. The van der Waals surface area contributed by atoms with Crippen LogP contribution in [0.5, 0.6) is 0 Å². The van der Waals surface area contributed by atoms with Crippen LogP contribution in [-0.2, 0) is 0 Å². The number of aromatic amines is 1. The summed E-state index contributed by atoms with van der Waals surface area (Å²) in [5.74, 6) is -0.268. The Balaban J connectivity index is 1.69. The molecule has 3 N–H and O–H groups in total. The lowest BCUT2D eigenvalue weighted by Crippen LogP contribution is -2.36. The third-order valence-corrected chi connectivity index (χ3v) is 4.41. The van der Waals surface area contributed by atoms with E-state index in [2.05, 4.69) is 36.5 Å². The van der Waals surface area contributed by atoms with Crippen LogP contribution in [0, 0.1) is 5.82 Å². The highest BCUT2D eigenvalue weighted by Gasteiger charge is 2.23. The van der Waals surface area contributed by atoms with Crippen molar-refractivity contribution in [1.29, 1.82) is 0 Å². The average molecular weight is 401 g/mol. The molecule has 6 nitrogen and oxygen atoms in total. The van der Waals surface area contributed by atoms with Gasteiger partial charge in [-0.2, -0.15) is 0 Å². The van der Waals surface area contributed by atoms with E-state index in [0.29, 0.717) is 10.2 Å². The van der Waals surface area contributed by atoms with Crippen molar-refractivity contribution < 1.29 is 4.39 Å². The van der Waals surface area contributed by atoms with Crippen molar-refractivity contribution >= 4 is 49.7 Å². The Morgan fingerprint density at radius 2 is 1.80 bits per heavy atom. The van der Waals surface area contributed by atoms with Gasteiger partial charge in [-0.1, -0.05) is 18.2 Å². The lowest BCUT2D eigenvalue weighted by atomic mass is 10.1. The topological polar surface area (TPSA) is 86.9 Å². The van der Waals surface area contributed by atoms with Crippen LogP contribution in [0.15, 0.2) is 56.8 Å². The van der Waals surface area contributed by atoms with Gasteiger partial charge in [0.15, 0.2) is 0 Å². The summed E-state index contributed by atoms with van der Waals surface area (Å²) in [7, 11) is 0. The van der Waals surface area contributed by atoms with Crippen LogP contribution in [0.2, 0.25) is 0 Å². The van der Waals surface area contributed by atoms with Crippen LogP contribution in [0.3, 0.4) is 0 Å². The molecule has 0 saturated carbocycles. The molecule has 124 valence electrons. The minimum atomic E-state index is -0.652. The predicted octanol–water partition coefficient (Wildman–Crippen LogP) is 3.55. The first-order valence-corrected chi connectivity index (χ1v) is 8.08. The van der Waals surface area contributed by atoms with Gasteiger partial charge in [-0.15, -0.1) is 0 Å². The molecule has 25 heavy (non-hydrogen) atoms. The Kier molecular flexibility index (Phi) is 3.61. The predicted molar refractivity (Wildman–Crippen MR) is 98.1 cm³/mol.